The van der Waals surface area contributed by atoms with Crippen LogP contribution in [-0.2, 0) is 31.1 Å². The number of ether oxygens (including phenoxy) is 1. The molecule has 2 aliphatic heterocycles. The van der Waals surface area contributed by atoms with E-state index >= 15 is 0 Å². The summed E-state index contributed by atoms with van der Waals surface area (Å²) in [6.07, 6.45) is 5.65. The molecular weight excluding hydrogens is 440 g/mol. The van der Waals surface area contributed by atoms with E-state index in [-0.39, 0.29) is 16.9 Å². The number of nitrogens with zero attached hydrogens (tertiary/aromatic N) is 2. The van der Waals surface area contributed by atoms with E-state index in [0.717, 1.165) is 38.6 Å². The third kappa shape index (κ3) is 1.98. The summed E-state index contributed by atoms with van der Waals surface area (Å²) >= 11 is 0. The molecule has 5 aliphatic rings. The number of rotatable bonds is 0. The molecule has 4 atom stereocenters. The maximum Gasteiger partial charge on any atom is 0.151 e. The molecule has 1 fully saturated rings. The van der Waals surface area contributed by atoms with Crippen LogP contribution in [0.4, 0.5) is 0 Å². The summed E-state index contributed by atoms with van der Waals surface area (Å²) in [7, 11) is 2.35. The van der Waals surface area contributed by atoms with Gasteiger partial charge >= 0.3 is 0 Å². The first-order valence-electron chi connectivity index (χ1n) is 13.8. The number of fused-ring (bicyclic) bond motifs is 4. The van der Waals surface area contributed by atoms with E-state index in [4.69, 9.17) is 9.72 Å². The van der Waals surface area contributed by atoms with E-state index in [0.29, 0.717) is 6.04 Å². The van der Waals surface area contributed by atoms with Gasteiger partial charge in [-0.05, 0) is 110 Å². The Balaban J connectivity index is 1.40. The third-order valence-corrected chi connectivity index (χ3v) is 11.3. The van der Waals surface area contributed by atoms with Crippen molar-refractivity contribution in [1.29, 1.82) is 0 Å². The molecule has 0 saturated carbocycles. The standard InChI is InChI=1S/C33H32N2O/c1-17-8-9-21-15-25-32(3)16-23-18(2)26-22-7-5-6-19-10-11-20(27(19)22)14-24(26)34-29(23)31-33(32,12-13-35(25)4)28(21)30(17)36-31/h5-9,14,25,31H,10-13,15-16H2,1-4H3/t25-,31+,32+,33+/m1/s1. The van der Waals surface area contributed by atoms with Crippen molar-refractivity contribution in [2.24, 2.45) is 5.41 Å². The van der Waals surface area contributed by atoms with Gasteiger partial charge in [-0.3, -0.25) is 0 Å². The summed E-state index contributed by atoms with van der Waals surface area (Å²) in [5, 5.41) is 4.27. The summed E-state index contributed by atoms with van der Waals surface area (Å²) < 4.78 is 7.11. The molecule has 1 spiro atoms. The second kappa shape index (κ2) is 6.14. The zero-order chi connectivity index (χ0) is 24.1. The Morgan fingerprint density at radius 3 is 2.78 bits per heavy atom. The molecule has 180 valence electrons. The van der Waals surface area contributed by atoms with Crippen molar-refractivity contribution in [3.63, 3.8) is 0 Å². The monoisotopic (exact) mass is 472 g/mol. The van der Waals surface area contributed by atoms with Gasteiger partial charge in [-0.25, -0.2) is 4.98 Å². The number of pyridine rings is 1. The number of likely N-dealkylation sites (tertiary alicyclic amines) is 1. The van der Waals surface area contributed by atoms with Gasteiger partial charge < -0.3 is 9.64 Å². The van der Waals surface area contributed by atoms with Crippen molar-refractivity contribution in [2.45, 2.75) is 70.4 Å². The molecule has 0 amide bonds. The van der Waals surface area contributed by atoms with Crippen LogP contribution in [0.1, 0.15) is 64.1 Å². The Hall–Kier alpha value is -2.91. The predicted molar refractivity (Wildman–Crippen MR) is 144 cm³/mol. The first-order valence-corrected chi connectivity index (χ1v) is 13.8. The number of benzene rings is 3. The van der Waals surface area contributed by atoms with Gasteiger partial charge in [-0.1, -0.05) is 37.3 Å². The van der Waals surface area contributed by atoms with Crippen LogP contribution in [0.2, 0.25) is 0 Å². The highest BCUT2D eigenvalue weighted by molar-refractivity contribution is 6.11. The van der Waals surface area contributed by atoms with Gasteiger partial charge in [0.15, 0.2) is 6.10 Å². The molecule has 36 heavy (non-hydrogen) atoms. The van der Waals surface area contributed by atoms with Crippen LogP contribution < -0.4 is 4.74 Å². The van der Waals surface area contributed by atoms with E-state index < -0.39 is 0 Å². The average molecular weight is 473 g/mol. The maximum atomic E-state index is 7.11. The first-order chi connectivity index (χ1) is 17.4. The van der Waals surface area contributed by atoms with Crippen molar-refractivity contribution >= 4 is 21.7 Å². The second-order valence-corrected chi connectivity index (χ2v) is 12.6. The van der Waals surface area contributed by atoms with E-state index in [9.17, 15) is 0 Å². The lowest BCUT2D eigenvalue weighted by molar-refractivity contribution is -0.0910. The van der Waals surface area contributed by atoms with Crippen molar-refractivity contribution < 1.29 is 4.74 Å². The summed E-state index contributed by atoms with van der Waals surface area (Å²) in [6, 6.07) is 14.5. The summed E-state index contributed by atoms with van der Waals surface area (Å²) in [5.41, 5.74) is 12.7. The lowest BCUT2D eigenvalue weighted by atomic mass is 9.44. The minimum atomic E-state index is 0.0105. The Morgan fingerprint density at radius 1 is 1.03 bits per heavy atom. The van der Waals surface area contributed by atoms with Gasteiger partial charge in [0.2, 0.25) is 0 Å². The number of hydrogen-bond donors (Lipinski definition) is 0. The number of likely N-dealkylation sites (N-methyl/N-ethyl adjacent to an activating group) is 1. The predicted octanol–water partition coefficient (Wildman–Crippen LogP) is 6.30. The van der Waals surface area contributed by atoms with Gasteiger partial charge in [0.05, 0.1) is 16.6 Å². The van der Waals surface area contributed by atoms with E-state index in [1.54, 1.807) is 0 Å². The highest BCUT2D eigenvalue weighted by atomic mass is 16.5. The normalized spacial score (nSPS) is 31.0. The summed E-state index contributed by atoms with van der Waals surface area (Å²) in [5.74, 6) is 1.17. The largest absolute Gasteiger partial charge is 0.483 e. The molecule has 2 bridgehead atoms. The molecule has 3 heterocycles. The maximum absolute atomic E-state index is 7.11. The number of aromatic nitrogens is 1. The molecular formula is C33H32N2O. The Bertz CT molecular complexity index is 1700. The summed E-state index contributed by atoms with van der Waals surface area (Å²) in [6.45, 7) is 8.32. The fraction of sp³-hybridized carbons (Fsp3) is 0.424. The van der Waals surface area contributed by atoms with Gasteiger partial charge in [0, 0.05) is 22.4 Å². The highest BCUT2D eigenvalue weighted by Crippen LogP contribution is 2.71. The molecule has 0 unspecified atom stereocenters. The second-order valence-electron chi connectivity index (χ2n) is 12.6. The molecule has 3 aliphatic carbocycles. The minimum Gasteiger partial charge on any atom is -0.483 e. The third-order valence-electron chi connectivity index (χ3n) is 11.3. The fourth-order valence-electron chi connectivity index (χ4n) is 9.60. The molecule has 4 aromatic rings. The van der Waals surface area contributed by atoms with Crippen molar-refractivity contribution in [1.82, 2.24) is 9.88 Å². The van der Waals surface area contributed by atoms with Crippen LogP contribution in [0.3, 0.4) is 0 Å². The van der Waals surface area contributed by atoms with E-state index in [1.165, 1.54) is 72.1 Å². The molecule has 1 aromatic heterocycles. The van der Waals surface area contributed by atoms with E-state index in [1.807, 2.05) is 0 Å². The van der Waals surface area contributed by atoms with Gasteiger partial charge in [-0.15, -0.1) is 0 Å². The van der Waals surface area contributed by atoms with Crippen LogP contribution >= 0.6 is 0 Å². The van der Waals surface area contributed by atoms with Crippen LogP contribution in [0, 0.1) is 19.3 Å². The van der Waals surface area contributed by atoms with Crippen LogP contribution in [0.25, 0.3) is 21.7 Å². The van der Waals surface area contributed by atoms with E-state index in [2.05, 4.69) is 69.1 Å². The number of hydrogen-bond acceptors (Lipinski definition) is 3. The van der Waals surface area contributed by atoms with Crippen molar-refractivity contribution in [3.8, 4) is 5.75 Å². The molecule has 0 radical (unpaired) electrons. The fourth-order valence-corrected chi connectivity index (χ4v) is 9.60. The lowest BCUT2D eigenvalue weighted by Crippen LogP contribution is -2.68. The Kier molecular flexibility index (Phi) is 3.44. The van der Waals surface area contributed by atoms with Crippen LogP contribution in [-0.4, -0.2) is 29.5 Å². The molecule has 0 N–H and O–H groups in total. The molecule has 9 rings (SSSR count). The van der Waals surface area contributed by atoms with Gasteiger partial charge in [-0.2, -0.15) is 0 Å². The van der Waals surface area contributed by atoms with Gasteiger partial charge in [0.25, 0.3) is 0 Å². The molecule has 3 nitrogen and oxygen atoms in total. The Morgan fingerprint density at radius 2 is 1.89 bits per heavy atom. The highest BCUT2D eigenvalue weighted by Gasteiger charge is 2.70. The molecule has 1 saturated heterocycles. The Labute approximate surface area is 212 Å². The number of piperidine rings is 1. The number of aryl methyl sites for hydroxylation is 4. The minimum absolute atomic E-state index is 0.0105. The van der Waals surface area contributed by atoms with Crippen LogP contribution in [0.15, 0.2) is 36.4 Å². The smallest absolute Gasteiger partial charge is 0.151 e. The molecule has 3 heteroatoms. The van der Waals surface area contributed by atoms with Crippen molar-refractivity contribution in [2.75, 3.05) is 13.6 Å². The lowest BCUT2D eigenvalue weighted by Gasteiger charge is -2.64. The molecule has 3 aromatic carbocycles. The topological polar surface area (TPSA) is 25.4 Å². The SMILES string of the molecule is Cc1ccc2c3c1O[C@H]1c4nc5cc6c7c(cccc7c5c(C)c4C[C@@]4(C)[C@@H](C2)N(C)CC[C@]314)CC6. The zero-order valence-electron chi connectivity index (χ0n) is 21.7. The average Bonchev–Trinajstić information content (AvgIpc) is 3.44. The van der Waals surface area contributed by atoms with Gasteiger partial charge in [0.1, 0.15) is 5.75 Å². The zero-order valence-corrected chi connectivity index (χ0v) is 21.7. The first kappa shape index (κ1) is 20.2. The summed E-state index contributed by atoms with van der Waals surface area (Å²) in [4.78, 5) is 8.20. The van der Waals surface area contributed by atoms with Crippen LogP contribution in [0.5, 0.6) is 5.75 Å². The van der Waals surface area contributed by atoms with Crippen molar-refractivity contribution in [3.05, 3.63) is 81.0 Å². The quantitative estimate of drug-likeness (QED) is 0.281.